The average Bonchev–Trinajstić information content (AvgIpc) is 3.59. The van der Waals surface area contributed by atoms with E-state index in [-0.39, 0.29) is 11.2 Å². The van der Waals surface area contributed by atoms with Crippen LogP contribution in [-0.2, 0) is 29.5 Å². The number of sulfonamides is 1. The van der Waals surface area contributed by atoms with Gasteiger partial charge in [0.15, 0.2) is 0 Å². The average molecular weight is 442 g/mol. The molecule has 1 saturated carbocycles. The van der Waals surface area contributed by atoms with Gasteiger partial charge in [0.05, 0.1) is 5.25 Å². The zero-order valence-electron chi connectivity index (χ0n) is 18.2. The lowest BCUT2D eigenvalue weighted by molar-refractivity contribution is 0.0697. The monoisotopic (exact) mass is 441 g/mol. The Morgan fingerprint density at radius 3 is 2.58 bits per heavy atom. The molecule has 31 heavy (non-hydrogen) atoms. The van der Waals surface area contributed by atoms with Crippen molar-refractivity contribution in [2.24, 2.45) is 5.92 Å². The van der Waals surface area contributed by atoms with Crippen molar-refractivity contribution in [1.82, 2.24) is 13.8 Å². The molecule has 1 aromatic heterocycles. The van der Waals surface area contributed by atoms with E-state index in [4.69, 9.17) is 0 Å². The highest BCUT2D eigenvalue weighted by Gasteiger charge is 2.41. The van der Waals surface area contributed by atoms with Crippen LogP contribution in [0.15, 0.2) is 30.9 Å². The number of amides is 1. The van der Waals surface area contributed by atoms with Crippen LogP contribution >= 0.6 is 0 Å². The first-order valence-electron chi connectivity index (χ1n) is 11.4. The summed E-state index contributed by atoms with van der Waals surface area (Å²) in [4.78, 5) is 15.1. The van der Waals surface area contributed by atoms with Crippen molar-refractivity contribution in [2.45, 2.75) is 57.4 Å². The zero-order valence-corrected chi connectivity index (χ0v) is 19.0. The number of carbonyl (C=O) groups is 1. The molecule has 1 aliphatic carbocycles. The Bertz CT molecular complexity index is 1140. The van der Waals surface area contributed by atoms with Crippen LogP contribution in [0, 0.1) is 5.92 Å². The molecule has 0 unspecified atom stereocenters. The largest absolute Gasteiger partial charge is 0.340 e. The Hall–Kier alpha value is -2.12. The van der Waals surface area contributed by atoms with E-state index in [2.05, 4.69) is 18.1 Å². The van der Waals surface area contributed by atoms with Crippen molar-refractivity contribution in [3.8, 4) is 0 Å². The van der Waals surface area contributed by atoms with Crippen molar-refractivity contribution in [1.29, 1.82) is 0 Å². The highest BCUT2D eigenvalue weighted by Crippen LogP contribution is 2.37. The van der Waals surface area contributed by atoms with Gasteiger partial charge >= 0.3 is 0 Å². The van der Waals surface area contributed by atoms with Gasteiger partial charge in [0.2, 0.25) is 10.0 Å². The Balaban J connectivity index is 1.53. The molecule has 2 fully saturated rings. The van der Waals surface area contributed by atoms with Gasteiger partial charge in [-0.15, -0.1) is 6.58 Å². The van der Waals surface area contributed by atoms with E-state index < -0.39 is 10.0 Å². The number of fused-ring (bicyclic) bond motifs is 3. The second-order valence-corrected chi connectivity index (χ2v) is 11.6. The Morgan fingerprint density at radius 1 is 1.16 bits per heavy atom. The number of aromatic nitrogens is 1. The second kappa shape index (κ2) is 7.78. The van der Waals surface area contributed by atoms with Crippen LogP contribution in [0.25, 0.3) is 10.9 Å². The smallest absolute Gasteiger partial charge is 0.253 e. The van der Waals surface area contributed by atoms with Crippen LogP contribution in [0.3, 0.4) is 0 Å². The molecule has 3 heterocycles. The SMILES string of the molecule is C=CCn1c2c(c3cc(C(=O)N4CCC(C)CC4)ccc31)CN(S(=O)(=O)C1CC1)CC2. The molecular formula is C24H31N3O3S. The van der Waals surface area contributed by atoms with Crippen molar-refractivity contribution in [2.75, 3.05) is 19.6 Å². The third-order valence-electron chi connectivity index (χ3n) is 7.15. The standard InChI is InChI=1S/C24H31N3O3S/c1-3-11-27-22-7-4-18(24(28)25-12-8-17(2)9-13-25)15-20(22)21-16-26(14-10-23(21)27)31(29,30)19-5-6-19/h3-4,7,15,17,19H,1,5-6,8-14,16H2,2H3. The third-order valence-corrected chi connectivity index (χ3v) is 9.50. The molecule has 2 aliphatic heterocycles. The summed E-state index contributed by atoms with van der Waals surface area (Å²) in [5, 5.41) is 0.804. The molecule has 1 aromatic carbocycles. The lowest BCUT2D eigenvalue weighted by Crippen LogP contribution is -2.38. The van der Waals surface area contributed by atoms with Gasteiger partial charge in [-0.05, 0) is 55.4 Å². The fraction of sp³-hybridized carbons (Fsp3) is 0.542. The quantitative estimate of drug-likeness (QED) is 0.667. The normalized spacial score (nSPS) is 20.7. The number of hydrogen-bond acceptors (Lipinski definition) is 3. The zero-order chi connectivity index (χ0) is 21.8. The minimum atomic E-state index is -3.22. The van der Waals surface area contributed by atoms with Gasteiger partial charge in [0, 0.05) is 61.3 Å². The molecule has 0 spiro atoms. The van der Waals surface area contributed by atoms with Gasteiger partial charge in [-0.25, -0.2) is 8.42 Å². The number of likely N-dealkylation sites (tertiary alicyclic amines) is 1. The molecule has 5 rings (SSSR count). The molecule has 3 aliphatic rings. The fourth-order valence-corrected chi connectivity index (χ4v) is 6.89. The Labute approximate surface area is 184 Å². The summed E-state index contributed by atoms with van der Waals surface area (Å²) >= 11 is 0. The predicted octanol–water partition coefficient (Wildman–Crippen LogP) is 3.55. The van der Waals surface area contributed by atoms with E-state index >= 15 is 0 Å². The van der Waals surface area contributed by atoms with Gasteiger partial charge in [0.25, 0.3) is 5.91 Å². The van der Waals surface area contributed by atoms with Gasteiger partial charge < -0.3 is 9.47 Å². The maximum atomic E-state index is 13.2. The summed E-state index contributed by atoms with van der Waals surface area (Å²) in [6.45, 7) is 9.36. The van der Waals surface area contributed by atoms with Crippen LogP contribution in [0.2, 0.25) is 0 Å². The van der Waals surface area contributed by atoms with Gasteiger partial charge in [0.1, 0.15) is 0 Å². The Morgan fingerprint density at radius 2 is 1.90 bits per heavy atom. The van der Waals surface area contributed by atoms with E-state index in [1.165, 1.54) is 5.69 Å². The lowest BCUT2D eigenvalue weighted by atomic mass is 9.98. The summed E-state index contributed by atoms with van der Waals surface area (Å²) in [6, 6.07) is 5.94. The van der Waals surface area contributed by atoms with Gasteiger partial charge in [-0.1, -0.05) is 13.0 Å². The Kier molecular flexibility index (Phi) is 5.21. The summed E-state index contributed by atoms with van der Waals surface area (Å²) < 4.78 is 29.6. The van der Waals surface area contributed by atoms with Crippen molar-refractivity contribution >= 4 is 26.8 Å². The molecule has 0 N–H and O–H groups in total. The highest BCUT2D eigenvalue weighted by molar-refractivity contribution is 7.90. The van der Waals surface area contributed by atoms with Crippen LogP contribution < -0.4 is 0 Å². The van der Waals surface area contributed by atoms with Crippen LogP contribution in [0.5, 0.6) is 0 Å². The van der Waals surface area contributed by atoms with Crippen molar-refractivity contribution in [3.05, 3.63) is 47.7 Å². The van der Waals surface area contributed by atoms with E-state index in [0.29, 0.717) is 37.5 Å². The number of piperidine rings is 1. The second-order valence-electron chi connectivity index (χ2n) is 9.36. The highest BCUT2D eigenvalue weighted by atomic mass is 32.2. The van der Waals surface area contributed by atoms with E-state index in [9.17, 15) is 13.2 Å². The maximum absolute atomic E-state index is 13.2. The number of hydrogen-bond donors (Lipinski definition) is 0. The van der Waals surface area contributed by atoms with Gasteiger partial charge in [-0.3, -0.25) is 4.79 Å². The van der Waals surface area contributed by atoms with Crippen molar-refractivity contribution < 1.29 is 13.2 Å². The van der Waals surface area contributed by atoms with E-state index in [1.54, 1.807) is 4.31 Å². The summed E-state index contributed by atoms with van der Waals surface area (Å²) in [6.07, 6.45) is 6.21. The summed E-state index contributed by atoms with van der Waals surface area (Å²) in [5.41, 5.74) is 3.98. The number of carbonyl (C=O) groups excluding carboxylic acids is 1. The first-order valence-corrected chi connectivity index (χ1v) is 12.9. The summed E-state index contributed by atoms with van der Waals surface area (Å²) in [7, 11) is -3.22. The number of benzene rings is 1. The number of nitrogens with zero attached hydrogens (tertiary/aromatic N) is 3. The molecule has 0 atom stereocenters. The van der Waals surface area contributed by atoms with E-state index in [0.717, 1.165) is 55.2 Å². The molecule has 0 bridgehead atoms. The number of rotatable bonds is 5. The lowest BCUT2D eigenvalue weighted by Gasteiger charge is -2.30. The topological polar surface area (TPSA) is 62.6 Å². The molecule has 166 valence electrons. The van der Waals surface area contributed by atoms with E-state index in [1.807, 2.05) is 29.2 Å². The molecule has 1 saturated heterocycles. The summed E-state index contributed by atoms with van der Waals surface area (Å²) in [5.74, 6) is 0.753. The first-order chi connectivity index (χ1) is 14.9. The van der Waals surface area contributed by atoms with Crippen LogP contribution in [0.1, 0.15) is 54.2 Å². The van der Waals surface area contributed by atoms with Crippen LogP contribution in [-0.4, -0.2) is 53.0 Å². The van der Waals surface area contributed by atoms with Crippen molar-refractivity contribution in [3.63, 3.8) is 0 Å². The molecule has 7 heteroatoms. The predicted molar refractivity (Wildman–Crippen MR) is 122 cm³/mol. The maximum Gasteiger partial charge on any atom is 0.253 e. The molecule has 2 aromatic rings. The molecular weight excluding hydrogens is 410 g/mol. The third kappa shape index (κ3) is 3.61. The first kappa shape index (κ1) is 20.8. The molecule has 1 amide bonds. The molecule has 0 radical (unpaired) electrons. The minimum Gasteiger partial charge on any atom is -0.340 e. The number of allylic oxidation sites excluding steroid dienone is 1. The minimum absolute atomic E-state index is 0.0808. The van der Waals surface area contributed by atoms with Gasteiger partial charge in [-0.2, -0.15) is 4.31 Å². The molecule has 6 nitrogen and oxygen atoms in total. The fourth-order valence-electron chi connectivity index (χ4n) is 5.08. The van der Waals surface area contributed by atoms with Crippen LogP contribution in [0.4, 0.5) is 0 Å².